The molecule has 0 unspecified atom stereocenters. The Morgan fingerprint density at radius 3 is 3.05 bits per heavy atom. The van der Waals surface area contributed by atoms with E-state index in [0.717, 1.165) is 11.4 Å². The fourth-order valence-electron chi connectivity index (χ4n) is 2.05. The van der Waals surface area contributed by atoms with Gasteiger partial charge in [-0.2, -0.15) is 0 Å². The van der Waals surface area contributed by atoms with Crippen molar-refractivity contribution in [2.75, 3.05) is 13.7 Å². The minimum atomic E-state index is 0.167. The largest absolute Gasteiger partial charge is 0.497 e. The second-order valence-corrected chi connectivity index (χ2v) is 4.93. The summed E-state index contributed by atoms with van der Waals surface area (Å²) in [6.07, 6.45) is 2.59. The lowest BCUT2D eigenvalue weighted by atomic mass is 10.1. The zero-order valence-electron chi connectivity index (χ0n) is 12.5. The highest BCUT2D eigenvalue weighted by Crippen LogP contribution is 2.18. The van der Waals surface area contributed by atoms with Gasteiger partial charge in [-0.05, 0) is 31.0 Å². The molecule has 0 bridgehead atoms. The summed E-state index contributed by atoms with van der Waals surface area (Å²) in [6.45, 7) is 3.61. The van der Waals surface area contributed by atoms with Crippen molar-refractivity contribution in [1.29, 1.82) is 0 Å². The number of aliphatic hydroxyl groups is 1. The molecular weight excluding hydrogens is 268 g/mol. The lowest BCUT2D eigenvalue weighted by Gasteiger charge is -2.14. The van der Waals surface area contributed by atoms with E-state index in [4.69, 9.17) is 9.84 Å². The number of hydrogen-bond acceptors (Lipinski definition) is 5. The number of ether oxygens (including phenoxy) is 1. The molecule has 1 aromatic heterocycles. The van der Waals surface area contributed by atoms with Gasteiger partial charge in [0, 0.05) is 31.9 Å². The van der Waals surface area contributed by atoms with Crippen LogP contribution in [0.5, 0.6) is 5.75 Å². The van der Waals surface area contributed by atoms with Crippen LogP contribution in [-0.4, -0.2) is 33.8 Å². The Morgan fingerprint density at radius 1 is 1.43 bits per heavy atom. The topological polar surface area (TPSA) is 72.2 Å². The van der Waals surface area contributed by atoms with Crippen molar-refractivity contribution in [3.8, 4) is 5.75 Å². The molecule has 0 aliphatic heterocycles. The van der Waals surface area contributed by atoms with Gasteiger partial charge in [0.05, 0.1) is 12.8 Å². The molecule has 6 heteroatoms. The first-order chi connectivity index (χ1) is 10.2. The quantitative estimate of drug-likeness (QED) is 0.771. The molecule has 0 radical (unpaired) electrons. The monoisotopic (exact) mass is 290 g/mol. The molecule has 0 aliphatic rings. The summed E-state index contributed by atoms with van der Waals surface area (Å²) in [6, 6.07) is 8.21. The molecule has 0 spiro atoms. The van der Waals surface area contributed by atoms with Crippen LogP contribution in [0, 0.1) is 0 Å². The molecule has 1 aromatic carbocycles. The predicted molar refractivity (Wildman–Crippen MR) is 80.0 cm³/mol. The van der Waals surface area contributed by atoms with E-state index < -0.39 is 0 Å². The average molecular weight is 290 g/mol. The first-order valence-electron chi connectivity index (χ1n) is 7.10. The van der Waals surface area contributed by atoms with Gasteiger partial charge in [0.15, 0.2) is 0 Å². The van der Waals surface area contributed by atoms with E-state index in [1.807, 2.05) is 24.4 Å². The summed E-state index contributed by atoms with van der Waals surface area (Å²) >= 11 is 0. The highest BCUT2D eigenvalue weighted by atomic mass is 16.5. The summed E-state index contributed by atoms with van der Waals surface area (Å²) in [5, 5.41) is 20.4. The van der Waals surface area contributed by atoms with E-state index in [9.17, 15) is 0 Å². The second-order valence-electron chi connectivity index (χ2n) is 4.93. The standard InChI is InChI=1S/C15H22N4O2/c1-12(13-5-3-6-15(9-13)21-2)16-10-14-11-19(18-17-14)7-4-8-20/h3,5-6,9,11-12,16,20H,4,7-8,10H2,1-2H3/t12-/m0/s1. The maximum Gasteiger partial charge on any atom is 0.119 e. The Kier molecular flexibility index (Phi) is 5.71. The molecule has 2 aromatic rings. The summed E-state index contributed by atoms with van der Waals surface area (Å²) in [5.74, 6) is 0.857. The van der Waals surface area contributed by atoms with Crippen LogP contribution in [0.15, 0.2) is 30.5 Å². The highest BCUT2D eigenvalue weighted by molar-refractivity contribution is 5.30. The molecular formula is C15H22N4O2. The van der Waals surface area contributed by atoms with Crippen LogP contribution in [0.3, 0.4) is 0 Å². The van der Waals surface area contributed by atoms with Gasteiger partial charge in [-0.3, -0.25) is 4.68 Å². The van der Waals surface area contributed by atoms with Gasteiger partial charge in [-0.25, -0.2) is 0 Å². The number of rotatable bonds is 8. The number of nitrogens with one attached hydrogen (secondary N) is 1. The number of benzene rings is 1. The van der Waals surface area contributed by atoms with Crippen molar-refractivity contribution < 1.29 is 9.84 Å². The molecule has 2 N–H and O–H groups in total. The van der Waals surface area contributed by atoms with Gasteiger partial charge in [-0.1, -0.05) is 17.3 Å². The molecule has 114 valence electrons. The smallest absolute Gasteiger partial charge is 0.119 e. The zero-order valence-corrected chi connectivity index (χ0v) is 12.5. The van der Waals surface area contributed by atoms with Crippen LogP contribution in [0.4, 0.5) is 0 Å². The van der Waals surface area contributed by atoms with Crippen LogP contribution in [-0.2, 0) is 13.1 Å². The Bertz CT molecular complexity index is 556. The van der Waals surface area contributed by atoms with Crippen molar-refractivity contribution >= 4 is 0 Å². The number of aromatic nitrogens is 3. The molecule has 0 aliphatic carbocycles. The van der Waals surface area contributed by atoms with Crippen LogP contribution >= 0.6 is 0 Å². The third-order valence-electron chi connectivity index (χ3n) is 3.31. The fourth-order valence-corrected chi connectivity index (χ4v) is 2.05. The van der Waals surface area contributed by atoms with Gasteiger partial charge in [0.25, 0.3) is 0 Å². The van der Waals surface area contributed by atoms with Crippen molar-refractivity contribution in [3.63, 3.8) is 0 Å². The lowest BCUT2D eigenvalue weighted by molar-refractivity contribution is 0.276. The normalized spacial score (nSPS) is 12.3. The molecule has 0 fully saturated rings. The second kappa shape index (κ2) is 7.75. The minimum Gasteiger partial charge on any atom is -0.497 e. The van der Waals surface area contributed by atoms with E-state index in [0.29, 0.717) is 19.5 Å². The summed E-state index contributed by atoms with van der Waals surface area (Å²) in [7, 11) is 1.67. The lowest BCUT2D eigenvalue weighted by Crippen LogP contribution is -2.18. The Hall–Kier alpha value is -1.92. The fraction of sp³-hybridized carbons (Fsp3) is 0.467. The van der Waals surface area contributed by atoms with Gasteiger partial charge >= 0.3 is 0 Å². The van der Waals surface area contributed by atoms with E-state index in [2.05, 4.69) is 28.6 Å². The average Bonchev–Trinajstić information content (AvgIpc) is 2.98. The molecule has 6 nitrogen and oxygen atoms in total. The van der Waals surface area contributed by atoms with Gasteiger partial charge in [0.2, 0.25) is 0 Å². The number of aliphatic hydroxyl groups excluding tert-OH is 1. The van der Waals surface area contributed by atoms with Gasteiger partial charge in [0.1, 0.15) is 5.75 Å². The van der Waals surface area contributed by atoms with Crippen LogP contribution < -0.4 is 10.1 Å². The van der Waals surface area contributed by atoms with Crippen molar-refractivity contribution in [1.82, 2.24) is 20.3 Å². The summed E-state index contributed by atoms with van der Waals surface area (Å²) in [5.41, 5.74) is 2.06. The van der Waals surface area contributed by atoms with Crippen LogP contribution in [0.25, 0.3) is 0 Å². The maximum absolute atomic E-state index is 8.80. The Labute approximate surface area is 124 Å². The number of hydrogen-bond donors (Lipinski definition) is 2. The van der Waals surface area contributed by atoms with E-state index >= 15 is 0 Å². The Morgan fingerprint density at radius 2 is 2.29 bits per heavy atom. The summed E-state index contributed by atoms with van der Waals surface area (Å²) < 4.78 is 6.99. The maximum atomic E-state index is 8.80. The molecule has 1 atom stereocenters. The predicted octanol–water partition coefficient (Wildman–Crippen LogP) is 1.52. The molecule has 2 rings (SSSR count). The molecule has 0 amide bonds. The summed E-state index contributed by atoms with van der Waals surface area (Å²) in [4.78, 5) is 0. The third-order valence-corrected chi connectivity index (χ3v) is 3.31. The first-order valence-corrected chi connectivity index (χ1v) is 7.10. The van der Waals surface area contributed by atoms with Gasteiger partial charge in [-0.15, -0.1) is 5.10 Å². The van der Waals surface area contributed by atoms with E-state index in [-0.39, 0.29) is 12.6 Å². The SMILES string of the molecule is COc1cccc([C@H](C)NCc2cn(CCCO)nn2)c1. The van der Waals surface area contributed by atoms with Crippen molar-refractivity contribution in [2.24, 2.45) is 0 Å². The molecule has 0 saturated carbocycles. The van der Waals surface area contributed by atoms with Crippen molar-refractivity contribution in [3.05, 3.63) is 41.7 Å². The molecule has 21 heavy (non-hydrogen) atoms. The zero-order chi connectivity index (χ0) is 15.1. The number of aryl methyl sites for hydroxylation is 1. The van der Waals surface area contributed by atoms with Crippen molar-refractivity contribution in [2.45, 2.75) is 32.5 Å². The third kappa shape index (κ3) is 4.54. The van der Waals surface area contributed by atoms with Crippen LogP contribution in [0.2, 0.25) is 0 Å². The number of nitrogens with zero attached hydrogens (tertiary/aromatic N) is 3. The van der Waals surface area contributed by atoms with E-state index in [1.165, 1.54) is 5.56 Å². The highest BCUT2D eigenvalue weighted by Gasteiger charge is 2.07. The van der Waals surface area contributed by atoms with Crippen LogP contribution in [0.1, 0.15) is 30.6 Å². The molecule has 1 heterocycles. The van der Waals surface area contributed by atoms with Gasteiger partial charge < -0.3 is 15.2 Å². The Balaban J connectivity index is 1.88. The molecule has 0 saturated heterocycles. The number of methoxy groups -OCH3 is 1. The van der Waals surface area contributed by atoms with E-state index in [1.54, 1.807) is 11.8 Å². The minimum absolute atomic E-state index is 0.167. The first kappa shape index (κ1) is 15.5.